The van der Waals surface area contributed by atoms with Crippen molar-refractivity contribution in [2.75, 3.05) is 0 Å². The Bertz CT molecular complexity index is 336. The van der Waals surface area contributed by atoms with Crippen molar-refractivity contribution in [3.63, 3.8) is 0 Å². The quantitative estimate of drug-likeness (QED) is 0.787. The summed E-state index contributed by atoms with van der Waals surface area (Å²) in [4.78, 5) is 11.7. The summed E-state index contributed by atoms with van der Waals surface area (Å²) in [5.74, 6) is -0.0281. The van der Waals surface area contributed by atoms with E-state index in [0.29, 0.717) is 12.1 Å². The van der Waals surface area contributed by atoms with Crippen LogP contribution in [0.5, 0.6) is 0 Å². The van der Waals surface area contributed by atoms with Gasteiger partial charge < -0.3 is 11.1 Å². The lowest BCUT2D eigenvalue weighted by molar-refractivity contribution is 0.0939. The van der Waals surface area contributed by atoms with Gasteiger partial charge in [0.25, 0.3) is 5.91 Å². The van der Waals surface area contributed by atoms with Gasteiger partial charge in [0, 0.05) is 18.2 Å². The third-order valence-electron chi connectivity index (χ3n) is 2.41. The molecular weight excluding hydrogens is 188 g/mol. The van der Waals surface area contributed by atoms with Gasteiger partial charge in [-0.25, -0.2) is 0 Å². The molecule has 0 bridgehead atoms. The first-order valence-electron chi connectivity index (χ1n) is 5.27. The summed E-state index contributed by atoms with van der Waals surface area (Å²) in [6, 6.07) is 7.61. The van der Waals surface area contributed by atoms with Crippen molar-refractivity contribution in [1.82, 2.24) is 5.32 Å². The lowest BCUT2D eigenvalue weighted by Gasteiger charge is -2.11. The van der Waals surface area contributed by atoms with Crippen molar-refractivity contribution in [3.8, 4) is 0 Å². The van der Waals surface area contributed by atoms with Crippen molar-refractivity contribution in [2.45, 2.75) is 32.9 Å². The molecule has 3 N–H and O–H groups in total. The second-order valence-corrected chi connectivity index (χ2v) is 3.69. The van der Waals surface area contributed by atoms with Gasteiger partial charge in [-0.15, -0.1) is 0 Å². The van der Waals surface area contributed by atoms with E-state index in [2.05, 4.69) is 5.32 Å². The van der Waals surface area contributed by atoms with Gasteiger partial charge in [0.1, 0.15) is 0 Å². The monoisotopic (exact) mass is 206 g/mol. The van der Waals surface area contributed by atoms with Crippen molar-refractivity contribution < 1.29 is 4.79 Å². The molecule has 3 nitrogen and oxygen atoms in total. The van der Waals surface area contributed by atoms with Crippen molar-refractivity contribution in [2.24, 2.45) is 5.73 Å². The van der Waals surface area contributed by atoms with Crippen LogP contribution in [-0.2, 0) is 6.54 Å². The van der Waals surface area contributed by atoms with Crippen LogP contribution in [-0.4, -0.2) is 11.9 Å². The zero-order valence-corrected chi connectivity index (χ0v) is 9.29. The standard InChI is InChI=1S/C12H18N2O/c1-3-9(2)14-12(15)11-6-4-5-10(7-11)8-13/h4-7,9H,3,8,13H2,1-2H3,(H,14,15)/t9-/m0/s1. The van der Waals surface area contributed by atoms with Crippen LogP contribution < -0.4 is 11.1 Å². The molecule has 0 radical (unpaired) electrons. The Morgan fingerprint density at radius 3 is 2.87 bits per heavy atom. The van der Waals surface area contributed by atoms with E-state index in [9.17, 15) is 4.79 Å². The van der Waals surface area contributed by atoms with E-state index in [-0.39, 0.29) is 11.9 Å². The average molecular weight is 206 g/mol. The van der Waals surface area contributed by atoms with Gasteiger partial charge in [0.15, 0.2) is 0 Å². The number of nitrogens with two attached hydrogens (primary N) is 1. The summed E-state index contributed by atoms with van der Waals surface area (Å²) >= 11 is 0. The molecule has 0 heterocycles. The van der Waals surface area contributed by atoms with Gasteiger partial charge in [-0.2, -0.15) is 0 Å². The summed E-state index contributed by atoms with van der Waals surface area (Å²) in [6.45, 7) is 4.50. The average Bonchev–Trinajstić information content (AvgIpc) is 2.28. The summed E-state index contributed by atoms with van der Waals surface area (Å²) < 4.78 is 0. The fourth-order valence-corrected chi connectivity index (χ4v) is 1.25. The maximum absolute atomic E-state index is 11.7. The Kier molecular flexibility index (Phi) is 4.31. The van der Waals surface area contributed by atoms with E-state index in [4.69, 9.17) is 5.73 Å². The Balaban J connectivity index is 2.73. The second-order valence-electron chi connectivity index (χ2n) is 3.69. The minimum atomic E-state index is -0.0281. The van der Waals surface area contributed by atoms with E-state index in [0.717, 1.165) is 12.0 Å². The normalized spacial score (nSPS) is 12.2. The van der Waals surface area contributed by atoms with Crippen molar-refractivity contribution in [1.29, 1.82) is 0 Å². The molecule has 0 saturated heterocycles. The van der Waals surface area contributed by atoms with Crippen molar-refractivity contribution in [3.05, 3.63) is 35.4 Å². The van der Waals surface area contributed by atoms with Crippen LogP contribution in [0.4, 0.5) is 0 Å². The maximum Gasteiger partial charge on any atom is 0.251 e. The Morgan fingerprint density at radius 2 is 2.27 bits per heavy atom. The van der Waals surface area contributed by atoms with Crippen molar-refractivity contribution >= 4 is 5.91 Å². The third-order valence-corrected chi connectivity index (χ3v) is 2.41. The number of carbonyl (C=O) groups excluding carboxylic acids is 1. The Hall–Kier alpha value is -1.35. The molecule has 0 aromatic heterocycles. The van der Waals surface area contributed by atoms with Gasteiger partial charge in [-0.05, 0) is 31.0 Å². The molecule has 1 rings (SSSR count). The number of hydrogen-bond acceptors (Lipinski definition) is 2. The van der Waals surface area contributed by atoms with Gasteiger partial charge in [-0.3, -0.25) is 4.79 Å². The fourth-order valence-electron chi connectivity index (χ4n) is 1.25. The molecule has 1 amide bonds. The highest BCUT2D eigenvalue weighted by Gasteiger charge is 2.08. The minimum absolute atomic E-state index is 0.0281. The van der Waals surface area contributed by atoms with E-state index in [1.54, 1.807) is 6.07 Å². The van der Waals surface area contributed by atoms with Crippen LogP contribution in [0.3, 0.4) is 0 Å². The fraction of sp³-hybridized carbons (Fsp3) is 0.417. The van der Waals surface area contributed by atoms with Gasteiger partial charge >= 0.3 is 0 Å². The molecule has 0 aliphatic carbocycles. The van der Waals surface area contributed by atoms with Crippen LogP contribution in [0.1, 0.15) is 36.2 Å². The number of amides is 1. The summed E-state index contributed by atoms with van der Waals surface area (Å²) in [5.41, 5.74) is 7.17. The molecule has 0 aliphatic heterocycles. The third kappa shape index (κ3) is 3.36. The van der Waals surface area contributed by atoms with Gasteiger partial charge in [0.2, 0.25) is 0 Å². The molecule has 1 aromatic rings. The molecule has 0 aliphatic rings. The zero-order valence-electron chi connectivity index (χ0n) is 9.29. The smallest absolute Gasteiger partial charge is 0.251 e. The van der Waals surface area contributed by atoms with Gasteiger partial charge in [0.05, 0.1) is 0 Å². The molecule has 1 aromatic carbocycles. The lowest BCUT2D eigenvalue weighted by Crippen LogP contribution is -2.31. The molecule has 82 valence electrons. The maximum atomic E-state index is 11.7. The molecule has 0 unspecified atom stereocenters. The SMILES string of the molecule is CC[C@H](C)NC(=O)c1cccc(CN)c1. The van der Waals surface area contributed by atoms with E-state index in [1.807, 2.05) is 32.0 Å². The Morgan fingerprint density at radius 1 is 1.53 bits per heavy atom. The minimum Gasteiger partial charge on any atom is -0.350 e. The largest absolute Gasteiger partial charge is 0.350 e. The number of rotatable bonds is 4. The molecule has 0 saturated carbocycles. The van der Waals surface area contributed by atoms with E-state index in [1.165, 1.54) is 0 Å². The first-order chi connectivity index (χ1) is 7.17. The molecule has 3 heteroatoms. The van der Waals surface area contributed by atoms with Crippen LogP contribution in [0.25, 0.3) is 0 Å². The number of hydrogen-bond donors (Lipinski definition) is 2. The number of nitrogens with one attached hydrogen (secondary N) is 1. The molecule has 0 spiro atoms. The Labute approximate surface area is 90.7 Å². The van der Waals surface area contributed by atoms with Crippen LogP contribution in [0.2, 0.25) is 0 Å². The predicted octanol–water partition coefficient (Wildman–Crippen LogP) is 1.67. The number of benzene rings is 1. The lowest BCUT2D eigenvalue weighted by atomic mass is 10.1. The molecule has 0 fully saturated rings. The number of carbonyl (C=O) groups is 1. The van der Waals surface area contributed by atoms with Crippen LogP contribution in [0, 0.1) is 0 Å². The first kappa shape index (κ1) is 11.7. The molecule has 1 atom stereocenters. The zero-order chi connectivity index (χ0) is 11.3. The summed E-state index contributed by atoms with van der Waals surface area (Å²) in [6.07, 6.45) is 0.933. The highest BCUT2D eigenvalue weighted by atomic mass is 16.1. The second kappa shape index (κ2) is 5.51. The predicted molar refractivity (Wildman–Crippen MR) is 61.6 cm³/mol. The van der Waals surface area contributed by atoms with Crippen LogP contribution >= 0.6 is 0 Å². The van der Waals surface area contributed by atoms with E-state index < -0.39 is 0 Å². The highest BCUT2D eigenvalue weighted by molar-refractivity contribution is 5.94. The highest BCUT2D eigenvalue weighted by Crippen LogP contribution is 2.05. The first-order valence-corrected chi connectivity index (χ1v) is 5.27. The summed E-state index contributed by atoms with van der Waals surface area (Å²) in [5, 5.41) is 2.92. The van der Waals surface area contributed by atoms with Gasteiger partial charge in [-0.1, -0.05) is 19.1 Å². The topological polar surface area (TPSA) is 55.1 Å². The van der Waals surface area contributed by atoms with E-state index >= 15 is 0 Å². The molecule has 15 heavy (non-hydrogen) atoms. The summed E-state index contributed by atoms with van der Waals surface area (Å²) in [7, 11) is 0. The van der Waals surface area contributed by atoms with Crippen LogP contribution in [0.15, 0.2) is 24.3 Å². The molecular formula is C12H18N2O.